The number of fused-ring (bicyclic) bond motifs is 1. The quantitative estimate of drug-likeness (QED) is 0.468. The molecule has 0 spiro atoms. The molecule has 0 aliphatic rings. The van der Waals surface area contributed by atoms with Crippen molar-refractivity contribution in [1.82, 2.24) is 15.1 Å². The summed E-state index contributed by atoms with van der Waals surface area (Å²) in [6, 6.07) is 11.4. The number of hydrogen-bond donors (Lipinski definition) is 0. The molecule has 0 radical (unpaired) electrons. The number of ether oxygens (including phenoxy) is 4. The molecule has 0 atom stereocenters. The van der Waals surface area contributed by atoms with E-state index in [0.29, 0.717) is 46.0 Å². The lowest BCUT2D eigenvalue weighted by atomic mass is 10.1. The summed E-state index contributed by atoms with van der Waals surface area (Å²) in [6.45, 7) is 2.03. The molecule has 30 heavy (non-hydrogen) atoms. The zero-order valence-electron chi connectivity index (χ0n) is 17.3. The van der Waals surface area contributed by atoms with E-state index in [1.165, 1.54) is 0 Å². The van der Waals surface area contributed by atoms with Crippen LogP contribution in [0.15, 0.2) is 40.9 Å². The monoisotopic (exact) mass is 407 g/mol. The highest BCUT2D eigenvalue weighted by Crippen LogP contribution is 2.41. The summed E-state index contributed by atoms with van der Waals surface area (Å²) in [7, 11) is 6.21. The molecule has 0 amide bonds. The second kappa shape index (κ2) is 7.90. The number of methoxy groups -OCH3 is 4. The molecule has 0 saturated carbocycles. The first kappa shape index (κ1) is 19.5. The fourth-order valence-electron chi connectivity index (χ4n) is 3.25. The summed E-state index contributed by atoms with van der Waals surface area (Å²) in [6.07, 6.45) is 0. The van der Waals surface area contributed by atoms with Crippen molar-refractivity contribution in [1.29, 1.82) is 0 Å². The number of aromatic nitrogens is 3. The van der Waals surface area contributed by atoms with Crippen LogP contribution in [0.25, 0.3) is 33.7 Å². The van der Waals surface area contributed by atoms with E-state index in [9.17, 15) is 0 Å². The molecular weight excluding hydrogens is 386 g/mol. The fourth-order valence-corrected chi connectivity index (χ4v) is 3.25. The predicted molar refractivity (Wildman–Crippen MR) is 111 cm³/mol. The van der Waals surface area contributed by atoms with Crippen molar-refractivity contribution < 1.29 is 23.5 Å². The number of nitrogens with zero attached hydrogens (tertiary/aromatic N) is 3. The number of hydrogen-bond acceptors (Lipinski definition) is 8. The van der Waals surface area contributed by atoms with Crippen LogP contribution in [0.4, 0.5) is 0 Å². The molecule has 2 aromatic heterocycles. The van der Waals surface area contributed by atoms with Gasteiger partial charge in [0.15, 0.2) is 11.5 Å². The second-order valence-corrected chi connectivity index (χ2v) is 6.58. The normalized spacial score (nSPS) is 10.8. The molecule has 0 saturated heterocycles. The summed E-state index contributed by atoms with van der Waals surface area (Å²) >= 11 is 0. The van der Waals surface area contributed by atoms with Crippen molar-refractivity contribution >= 4 is 10.9 Å². The fraction of sp³-hybridized carbons (Fsp3) is 0.227. The summed E-state index contributed by atoms with van der Waals surface area (Å²) in [5, 5.41) is 5.10. The molecule has 4 rings (SSSR count). The van der Waals surface area contributed by atoms with Gasteiger partial charge in [0, 0.05) is 10.9 Å². The largest absolute Gasteiger partial charge is 0.493 e. The molecule has 154 valence electrons. The maximum atomic E-state index is 5.52. The van der Waals surface area contributed by atoms with Crippen molar-refractivity contribution in [2.45, 2.75) is 6.92 Å². The van der Waals surface area contributed by atoms with Gasteiger partial charge in [0.1, 0.15) is 0 Å². The van der Waals surface area contributed by atoms with Crippen molar-refractivity contribution in [3.63, 3.8) is 0 Å². The van der Waals surface area contributed by atoms with Crippen molar-refractivity contribution in [2.75, 3.05) is 28.4 Å². The number of benzene rings is 2. The lowest BCUT2D eigenvalue weighted by Crippen LogP contribution is -1.96. The van der Waals surface area contributed by atoms with Crippen LogP contribution in [0.5, 0.6) is 23.1 Å². The maximum absolute atomic E-state index is 5.52. The van der Waals surface area contributed by atoms with E-state index in [4.69, 9.17) is 23.5 Å². The van der Waals surface area contributed by atoms with E-state index < -0.39 is 0 Å². The Bertz CT molecular complexity index is 1190. The van der Waals surface area contributed by atoms with E-state index in [2.05, 4.69) is 15.1 Å². The molecule has 0 aliphatic heterocycles. The minimum absolute atomic E-state index is 0.302. The minimum atomic E-state index is 0.302. The van der Waals surface area contributed by atoms with E-state index >= 15 is 0 Å². The Hall–Kier alpha value is -3.81. The Morgan fingerprint density at radius 2 is 1.53 bits per heavy atom. The average molecular weight is 407 g/mol. The van der Waals surface area contributed by atoms with Crippen LogP contribution in [0.1, 0.15) is 5.56 Å². The molecule has 4 aromatic rings. The van der Waals surface area contributed by atoms with Gasteiger partial charge in [0.05, 0.1) is 39.5 Å². The predicted octanol–water partition coefficient (Wildman–Crippen LogP) is 4.29. The van der Waals surface area contributed by atoms with Gasteiger partial charge in [-0.15, -0.1) is 0 Å². The topological polar surface area (TPSA) is 88.7 Å². The Kier molecular flexibility index (Phi) is 5.14. The van der Waals surface area contributed by atoms with Crippen LogP contribution >= 0.6 is 0 Å². The van der Waals surface area contributed by atoms with Gasteiger partial charge >= 0.3 is 0 Å². The Labute approximate surface area is 173 Å². The molecule has 8 nitrogen and oxygen atoms in total. The minimum Gasteiger partial charge on any atom is -0.493 e. The molecule has 2 heterocycles. The SMILES string of the molecule is COc1cc(-c2nc(-c3cc4cc(C)ccc4nc3OC)no2)cc(OC)c1OC. The zero-order chi connectivity index (χ0) is 21.3. The highest BCUT2D eigenvalue weighted by molar-refractivity contribution is 5.85. The van der Waals surface area contributed by atoms with Crippen LogP contribution in [-0.4, -0.2) is 43.6 Å². The molecule has 2 aromatic carbocycles. The Morgan fingerprint density at radius 1 is 0.800 bits per heavy atom. The second-order valence-electron chi connectivity index (χ2n) is 6.58. The first-order valence-corrected chi connectivity index (χ1v) is 9.17. The number of pyridine rings is 1. The maximum Gasteiger partial charge on any atom is 0.258 e. The van der Waals surface area contributed by atoms with Gasteiger partial charge in [0.25, 0.3) is 5.89 Å². The Balaban J connectivity index is 1.82. The summed E-state index contributed by atoms with van der Waals surface area (Å²) in [5.41, 5.74) is 3.23. The van der Waals surface area contributed by atoms with Gasteiger partial charge in [-0.05, 0) is 37.3 Å². The summed E-state index contributed by atoms with van der Waals surface area (Å²) in [4.78, 5) is 9.12. The van der Waals surface area contributed by atoms with Gasteiger partial charge in [0.2, 0.25) is 17.5 Å². The van der Waals surface area contributed by atoms with Crippen LogP contribution in [0.3, 0.4) is 0 Å². The lowest BCUT2D eigenvalue weighted by Gasteiger charge is -2.12. The van der Waals surface area contributed by atoms with Gasteiger partial charge in [-0.1, -0.05) is 16.8 Å². The summed E-state index contributed by atoms with van der Waals surface area (Å²) in [5.74, 6) is 2.56. The average Bonchev–Trinajstić information content (AvgIpc) is 3.27. The van der Waals surface area contributed by atoms with Crippen LogP contribution in [0.2, 0.25) is 0 Å². The third kappa shape index (κ3) is 3.36. The third-order valence-corrected chi connectivity index (χ3v) is 4.71. The Morgan fingerprint density at radius 3 is 2.17 bits per heavy atom. The van der Waals surface area contributed by atoms with E-state index in [1.807, 2.05) is 31.2 Å². The van der Waals surface area contributed by atoms with Gasteiger partial charge in [-0.2, -0.15) is 4.98 Å². The highest BCUT2D eigenvalue weighted by Gasteiger charge is 2.20. The first-order chi connectivity index (χ1) is 14.6. The zero-order valence-corrected chi connectivity index (χ0v) is 17.3. The number of rotatable bonds is 6. The van der Waals surface area contributed by atoms with Crippen LogP contribution < -0.4 is 18.9 Å². The highest BCUT2D eigenvalue weighted by atomic mass is 16.5. The smallest absolute Gasteiger partial charge is 0.258 e. The van der Waals surface area contributed by atoms with E-state index in [0.717, 1.165) is 16.5 Å². The molecule has 0 bridgehead atoms. The van der Waals surface area contributed by atoms with Crippen molar-refractivity contribution in [3.05, 3.63) is 42.0 Å². The van der Waals surface area contributed by atoms with Crippen LogP contribution in [0, 0.1) is 6.92 Å². The molecule has 0 unspecified atom stereocenters. The first-order valence-electron chi connectivity index (χ1n) is 9.17. The molecule has 0 aliphatic carbocycles. The van der Waals surface area contributed by atoms with E-state index in [1.54, 1.807) is 40.6 Å². The van der Waals surface area contributed by atoms with Gasteiger partial charge in [-0.3, -0.25) is 0 Å². The molecular formula is C22H21N3O5. The van der Waals surface area contributed by atoms with Crippen molar-refractivity contribution in [3.8, 4) is 46.0 Å². The molecule has 0 fully saturated rings. The third-order valence-electron chi connectivity index (χ3n) is 4.71. The van der Waals surface area contributed by atoms with Gasteiger partial charge < -0.3 is 23.5 Å². The molecule has 0 N–H and O–H groups in total. The molecule has 8 heteroatoms. The van der Waals surface area contributed by atoms with Crippen molar-refractivity contribution in [2.24, 2.45) is 0 Å². The number of aryl methyl sites for hydroxylation is 1. The van der Waals surface area contributed by atoms with Crippen LogP contribution in [-0.2, 0) is 0 Å². The summed E-state index contributed by atoms with van der Waals surface area (Å²) < 4.78 is 27.2. The van der Waals surface area contributed by atoms with Gasteiger partial charge in [-0.25, -0.2) is 4.98 Å². The van der Waals surface area contributed by atoms with E-state index in [-0.39, 0.29) is 0 Å². The standard InChI is InChI=1S/C22H21N3O5/c1-12-6-7-16-13(8-12)9-15(22(23-16)29-5)20-24-21(30-25-20)14-10-17(26-2)19(28-4)18(11-14)27-3/h6-11H,1-5H3. The lowest BCUT2D eigenvalue weighted by molar-refractivity contribution is 0.324.